The van der Waals surface area contributed by atoms with E-state index in [1.165, 1.54) is 6.08 Å². The smallest absolute Gasteiger partial charge is 0.170 e. The molecular formula is C8H8F3NO. The second-order valence-corrected chi connectivity index (χ2v) is 3.17. The molecular weight excluding hydrogens is 183 g/mol. The predicted octanol–water partition coefficient (Wildman–Crippen LogP) is 3.17. The Morgan fingerprint density at radius 1 is 1.54 bits per heavy atom. The third kappa shape index (κ3) is 1.79. The highest BCUT2D eigenvalue weighted by atomic mass is 19.4. The Morgan fingerprint density at radius 2 is 2.15 bits per heavy atom. The fraction of sp³-hybridized carbons (Fsp3) is 0.500. The molecule has 0 saturated carbocycles. The van der Waals surface area contributed by atoms with Gasteiger partial charge in [0.05, 0.1) is 5.41 Å². The van der Waals surface area contributed by atoms with Gasteiger partial charge in [0.2, 0.25) is 0 Å². The van der Waals surface area contributed by atoms with Crippen molar-refractivity contribution in [2.24, 2.45) is 10.6 Å². The molecule has 0 bridgehead atoms. The van der Waals surface area contributed by atoms with Gasteiger partial charge in [-0.3, -0.25) is 0 Å². The summed E-state index contributed by atoms with van der Waals surface area (Å²) in [5, 5.41) is 2.55. The van der Waals surface area contributed by atoms with Crippen LogP contribution in [-0.4, -0.2) is 6.18 Å². The van der Waals surface area contributed by atoms with Crippen LogP contribution in [0.25, 0.3) is 0 Å². The van der Waals surface area contributed by atoms with E-state index in [-0.39, 0.29) is 12.1 Å². The number of nitrogens with zero attached hydrogens (tertiary/aromatic N) is 1. The van der Waals surface area contributed by atoms with E-state index in [1.807, 2.05) is 0 Å². The van der Waals surface area contributed by atoms with Crippen molar-refractivity contribution < 1.29 is 13.2 Å². The first kappa shape index (κ1) is 9.95. The standard InChI is InChI=1S/C8H8F3NO/c1-7(8(9,10)11)4-2-6(12-13)3-5-7/h2-4H,5H2,1H3. The van der Waals surface area contributed by atoms with Crippen molar-refractivity contribution in [2.75, 3.05) is 0 Å². The van der Waals surface area contributed by atoms with E-state index >= 15 is 0 Å². The lowest BCUT2D eigenvalue weighted by molar-refractivity contribution is -0.199. The zero-order chi connectivity index (χ0) is 10.1. The summed E-state index contributed by atoms with van der Waals surface area (Å²) in [7, 11) is 0. The Bertz CT molecular complexity index is 280. The Hall–Kier alpha value is -1.13. The molecule has 1 rings (SSSR count). The van der Waals surface area contributed by atoms with Gasteiger partial charge >= 0.3 is 6.18 Å². The summed E-state index contributed by atoms with van der Waals surface area (Å²) in [6.07, 6.45) is -1.24. The van der Waals surface area contributed by atoms with Crippen LogP contribution in [0.5, 0.6) is 0 Å². The molecule has 0 N–H and O–H groups in total. The fourth-order valence-electron chi connectivity index (χ4n) is 1.000. The van der Waals surface area contributed by atoms with E-state index in [0.717, 1.165) is 19.1 Å². The minimum Gasteiger partial charge on any atom is -0.170 e. The summed E-state index contributed by atoms with van der Waals surface area (Å²) in [5.41, 5.74) is -1.80. The van der Waals surface area contributed by atoms with Crippen LogP contribution >= 0.6 is 0 Å². The fourth-order valence-corrected chi connectivity index (χ4v) is 1.000. The molecule has 0 aromatic carbocycles. The first-order valence-corrected chi connectivity index (χ1v) is 3.68. The van der Waals surface area contributed by atoms with Gasteiger partial charge < -0.3 is 0 Å². The van der Waals surface area contributed by atoms with Crippen LogP contribution < -0.4 is 0 Å². The summed E-state index contributed by atoms with van der Waals surface area (Å²) >= 11 is 0. The number of alkyl halides is 3. The predicted molar refractivity (Wildman–Crippen MR) is 41.8 cm³/mol. The first-order valence-electron chi connectivity index (χ1n) is 3.68. The van der Waals surface area contributed by atoms with E-state index < -0.39 is 11.6 Å². The van der Waals surface area contributed by atoms with Crippen molar-refractivity contribution in [3.63, 3.8) is 0 Å². The van der Waals surface area contributed by atoms with Crippen LogP contribution in [-0.2, 0) is 0 Å². The van der Waals surface area contributed by atoms with E-state index in [4.69, 9.17) is 0 Å². The molecule has 1 unspecified atom stereocenters. The van der Waals surface area contributed by atoms with Crippen molar-refractivity contribution >= 4 is 0 Å². The maximum atomic E-state index is 12.4. The lowest BCUT2D eigenvalue weighted by Gasteiger charge is -2.29. The highest BCUT2D eigenvalue weighted by molar-refractivity contribution is 5.26. The maximum absolute atomic E-state index is 12.4. The van der Waals surface area contributed by atoms with Crippen LogP contribution in [0.1, 0.15) is 13.3 Å². The van der Waals surface area contributed by atoms with Crippen molar-refractivity contribution in [3.05, 3.63) is 28.8 Å². The molecule has 1 aliphatic rings. The molecule has 1 aliphatic carbocycles. The second-order valence-electron chi connectivity index (χ2n) is 3.17. The molecule has 72 valence electrons. The van der Waals surface area contributed by atoms with Gasteiger partial charge in [-0.25, -0.2) is 0 Å². The highest BCUT2D eigenvalue weighted by Gasteiger charge is 2.49. The molecule has 13 heavy (non-hydrogen) atoms. The Morgan fingerprint density at radius 3 is 2.46 bits per heavy atom. The average Bonchev–Trinajstić information content (AvgIpc) is 2.04. The van der Waals surface area contributed by atoms with Gasteiger partial charge in [0.15, 0.2) is 0 Å². The van der Waals surface area contributed by atoms with Gasteiger partial charge in [-0.15, -0.1) is 4.91 Å². The molecule has 1 atom stereocenters. The number of hydrogen-bond acceptors (Lipinski definition) is 2. The first-order chi connectivity index (χ1) is 5.89. The summed E-state index contributed by atoms with van der Waals surface area (Å²) in [6, 6.07) is 0. The van der Waals surface area contributed by atoms with Crippen molar-refractivity contribution in [3.8, 4) is 0 Å². The second kappa shape index (κ2) is 2.97. The number of hydrogen-bond donors (Lipinski definition) is 0. The van der Waals surface area contributed by atoms with Crippen LogP contribution in [0.2, 0.25) is 0 Å². The topological polar surface area (TPSA) is 29.4 Å². The number of nitroso groups, excluding NO2 is 1. The van der Waals surface area contributed by atoms with Crippen molar-refractivity contribution in [1.82, 2.24) is 0 Å². The third-order valence-corrected chi connectivity index (χ3v) is 2.11. The maximum Gasteiger partial charge on any atom is 0.397 e. The van der Waals surface area contributed by atoms with E-state index in [2.05, 4.69) is 5.18 Å². The molecule has 0 amide bonds. The number of halogens is 3. The van der Waals surface area contributed by atoms with Gasteiger partial charge in [0.25, 0.3) is 0 Å². The van der Waals surface area contributed by atoms with Crippen molar-refractivity contribution in [2.45, 2.75) is 19.5 Å². The van der Waals surface area contributed by atoms with Crippen LogP contribution in [0.3, 0.4) is 0 Å². The number of allylic oxidation sites excluding steroid dienone is 3. The zero-order valence-electron chi connectivity index (χ0n) is 6.93. The molecule has 0 heterocycles. The van der Waals surface area contributed by atoms with E-state index in [9.17, 15) is 18.1 Å². The number of rotatable bonds is 1. The summed E-state index contributed by atoms with van der Waals surface area (Å²) in [5.74, 6) is 0. The zero-order valence-corrected chi connectivity index (χ0v) is 6.93. The minimum absolute atomic E-state index is 0.0572. The quantitative estimate of drug-likeness (QED) is 0.585. The van der Waals surface area contributed by atoms with Gasteiger partial charge in [-0.2, -0.15) is 13.2 Å². The van der Waals surface area contributed by atoms with Crippen LogP contribution in [0.15, 0.2) is 29.1 Å². The summed E-state index contributed by atoms with van der Waals surface area (Å²) in [4.78, 5) is 9.97. The largest absolute Gasteiger partial charge is 0.397 e. The molecule has 0 aliphatic heterocycles. The Kier molecular flexibility index (Phi) is 2.28. The van der Waals surface area contributed by atoms with Crippen LogP contribution in [0.4, 0.5) is 13.2 Å². The molecule has 0 spiro atoms. The van der Waals surface area contributed by atoms with Crippen LogP contribution in [0, 0.1) is 10.3 Å². The Labute approximate surface area is 73.1 Å². The molecule has 0 fully saturated rings. The Balaban J connectivity index is 2.87. The minimum atomic E-state index is -4.28. The molecule has 0 aromatic rings. The third-order valence-electron chi connectivity index (χ3n) is 2.11. The van der Waals surface area contributed by atoms with E-state index in [1.54, 1.807) is 0 Å². The monoisotopic (exact) mass is 191 g/mol. The SMILES string of the molecule is CC1(C(F)(F)F)C=CC(N=O)=CC1. The lowest BCUT2D eigenvalue weighted by Crippen LogP contribution is -2.33. The van der Waals surface area contributed by atoms with E-state index in [0.29, 0.717) is 0 Å². The van der Waals surface area contributed by atoms with Gasteiger partial charge in [-0.05, 0) is 24.6 Å². The molecule has 0 aromatic heterocycles. The average molecular weight is 191 g/mol. The van der Waals surface area contributed by atoms with Gasteiger partial charge in [-0.1, -0.05) is 12.2 Å². The highest BCUT2D eigenvalue weighted by Crippen LogP contribution is 2.44. The van der Waals surface area contributed by atoms with Gasteiger partial charge in [0.1, 0.15) is 5.70 Å². The molecule has 0 saturated heterocycles. The summed E-state index contributed by atoms with van der Waals surface area (Å²) in [6.45, 7) is 1.08. The molecule has 5 heteroatoms. The normalized spacial score (nSPS) is 28.5. The summed E-state index contributed by atoms with van der Waals surface area (Å²) < 4.78 is 37.1. The molecule has 0 radical (unpaired) electrons. The van der Waals surface area contributed by atoms with Crippen molar-refractivity contribution in [1.29, 1.82) is 0 Å². The van der Waals surface area contributed by atoms with Gasteiger partial charge in [0, 0.05) is 0 Å². The molecule has 2 nitrogen and oxygen atoms in total. The lowest BCUT2D eigenvalue weighted by atomic mass is 9.82.